The van der Waals surface area contributed by atoms with Crippen LogP contribution in [0.5, 0.6) is 5.75 Å². The molecule has 0 radical (unpaired) electrons. The highest BCUT2D eigenvalue weighted by atomic mass is 35.5. The van der Waals surface area contributed by atoms with Gasteiger partial charge in [0.25, 0.3) is 5.56 Å². The molecule has 4 rings (SSSR count). The lowest BCUT2D eigenvalue weighted by Gasteiger charge is -2.09. The van der Waals surface area contributed by atoms with Gasteiger partial charge < -0.3 is 9.72 Å². The van der Waals surface area contributed by atoms with Gasteiger partial charge in [0.05, 0.1) is 17.5 Å². The second kappa shape index (κ2) is 6.85. The lowest BCUT2D eigenvalue weighted by molar-refractivity contribution is 0.386. The number of benzene rings is 1. The number of hydrogen-bond donors (Lipinski definition) is 1. The largest absolute Gasteiger partial charge is 0.494 e. The number of aryl methyl sites for hydroxylation is 2. The Labute approximate surface area is 158 Å². The quantitative estimate of drug-likeness (QED) is 0.702. The number of aromatic nitrogens is 2. The predicted molar refractivity (Wildman–Crippen MR) is 104 cm³/mol. The van der Waals surface area contributed by atoms with Gasteiger partial charge in [0.15, 0.2) is 17.4 Å². The normalized spacial score (nSPS) is 14.5. The molecule has 0 spiro atoms. The maximum absolute atomic E-state index is 13.8. The van der Waals surface area contributed by atoms with Crippen LogP contribution in [-0.4, -0.2) is 17.1 Å². The van der Waals surface area contributed by atoms with Gasteiger partial charge >= 0.3 is 0 Å². The molecule has 1 aliphatic carbocycles. The molecule has 4 nitrogen and oxygen atoms in total. The Morgan fingerprint density at radius 2 is 2.19 bits per heavy atom. The third-order valence-corrected chi connectivity index (χ3v) is 5.99. The van der Waals surface area contributed by atoms with Crippen LogP contribution in [0.1, 0.15) is 34.7 Å². The van der Waals surface area contributed by atoms with Crippen LogP contribution in [0.15, 0.2) is 23.0 Å². The molecule has 0 atom stereocenters. The molecule has 0 amide bonds. The lowest BCUT2D eigenvalue weighted by Crippen LogP contribution is -2.12. The number of ether oxygens (including phenoxy) is 1. The molecular formula is C19H16ClFN2O2S. The van der Waals surface area contributed by atoms with Crippen molar-refractivity contribution in [3.63, 3.8) is 0 Å². The van der Waals surface area contributed by atoms with Gasteiger partial charge in [-0.2, -0.15) is 0 Å². The number of hydrogen-bond acceptors (Lipinski definition) is 4. The molecular weight excluding hydrogens is 375 g/mol. The first kappa shape index (κ1) is 17.2. The number of halogens is 2. The van der Waals surface area contributed by atoms with E-state index in [0.29, 0.717) is 21.6 Å². The van der Waals surface area contributed by atoms with Gasteiger partial charge in [0.2, 0.25) is 0 Å². The van der Waals surface area contributed by atoms with E-state index in [-0.39, 0.29) is 16.3 Å². The fourth-order valence-electron chi connectivity index (χ4n) is 3.26. The highest BCUT2D eigenvalue weighted by Crippen LogP contribution is 2.34. The smallest absolute Gasteiger partial charge is 0.260 e. The molecule has 0 saturated heterocycles. The van der Waals surface area contributed by atoms with Crippen LogP contribution < -0.4 is 10.3 Å². The fraction of sp³-hybridized carbons (Fsp3) is 0.263. The minimum Gasteiger partial charge on any atom is -0.494 e. The molecule has 2 aromatic heterocycles. The zero-order valence-corrected chi connectivity index (χ0v) is 15.6. The summed E-state index contributed by atoms with van der Waals surface area (Å²) in [6.07, 6.45) is 5.74. The molecule has 3 aromatic rings. The summed E-state index contributed by atoms with van der Waals surface area (Å²) < 4.78 is 18.7. The van der Waals surface area contributed by atoms with Crippen molar-refractivity contribution in [1.82, 2.24) is 9.97 Å². The fourth-order valence-corrected chi connectivity index (χ4v) is 4.74. The van der Waals surface area contributed by atoms with E-state index in [0.717, 1.165) is 31.2 Å². The highest BCUT2D eigenvalue weighted by molar-refractivity contribution is 7.18. The standard InChI is InChI=1S/C19H16ClFN2O2S/c1-25-14-7-6-10(9-13(14)21)8-12(20)17-22-18(24)16-11-4-2-3-5-15(11)26-19(16)23-17/h6-9H,2-5H2,1H3,(H,22,23,24)/b12-8-. The molecule has 134 valence electrons. The van der Waals surface area contributed by atoms with Crippen LogP contribution in [0.25, 0.3) is 21.3 Å². The molecule has 0 fully saturated rings. The summed E-state index contributed by atoms with van der Waals surface area (Å²) in [5, 5.41) is 0.938. The number of thiophene rings is 1. The van der Waals surface area contributed by atoms with Gasteiger partial charge in [-0.15, -0.1) is 11.3 Å². The number of rotatable bonds is 3. The Balaban J connectivity index is 1.76. The number of nitrogens with zero attached hydrogens (tertiary/aromatic N) is 1. The van der Waals surface area contributed by atoms with Crippen molar-refractivity contribution >= 4 is 44.3 Å². The Hall–Kier alpha value is -2.18. The van der Waals surface area contributed by atoms with Crippen LogP contribution in [0, 0.1) is 5.82 Å². The maximum atomic E-state index is 13.8. The molecule has 1 N–H and O–H groups in total. The van der Waals surface area contributed by atoms with Crippen molar-refractivity contribution in [1.29, 1.82) is 0 Å². The summed E-state index contributed by atoms with van der Waals surface area (Å²) in [7, 11) is 1.41. The van der Waals surface area contributed by atoms with Gasteiger partial charge in [0.1, 0.15) is 4.83 Å². The van der Waals surface area contributed by atoms with Gasteiger partial charge in [-0.25, -0.2) is 9.37 Å². The number of H-pyrrole nitrogens is 1. The molecule has 1 aliphatic rings. The monoisotopic (exact) mass is 390 g/mol. The van der Waals surface area contributed by atoms with Crippen molar-refractivity contribution in [2.75, 3.05) is 7.11 Å². The second-order valence-corrected chi connectivity index (χ2v) is 7.68. The number of fused-ring (bicyclic) bond motifs is 3. The average molecular weight is 391 g/mol. The van der Waals surface area contributed by atoms with Crippen molar-refractivity contribution in [2.24, 2.45) is 0 Å². The SMILES string of the molecule is COc1ccc(/C=C(\Cl)c2nc3sc4c(c3c(=O)[nH]2)CCCC4)cc1F. The molecule has 0 unspecified atom stereocenters. The topological polar surface area (TPSA) is 55.0 Å². The second-order valence-electron chi connectivity index (χ2n) is 6.19. The molecule has 0 saturated carbocycles. The van der Waals surface area contributed by atoms with E-state index >= 15 is 0 Å². The van der Waals surface area contributed by atoms with E-state index in [9.17, 15) is 9.18 Å². The summed E-state index contributed by atoms with van der Waals surface area (Å²) in [6.45, 7) is 0. The van der Waals surface area contributed by atoms with Crippen LogP contribution in [0.4, 0.5) is 4.39 Å². The average Bonchev–Trinajstić information content (AvgIpc) is 3.00. The Bertz CT molecular complexity index is 1090. The molecule has 0 aliphatic heterocycles. The van der Waals surface area contributed by atoms with Gasteiger partial charge in [0, 0.05) is 4.88 Å². The summed E-state index contributed by atoms with van der Waals surface area (Å²) in [4.78, 5) is 21.8. The van der Waals surface area contributed by atoms with Crippen LogP contribution in [-0.2, 0) is 12.8 Å². The molecule has 7 heteroatoms. The third-order valence-electron chi connectivity index (χ3n) is 4.52. The first-order chi connectivity index (χ1) is 12.6. The summed E-state index contributed by atoms with van der Waals surface area (Å²) in [5.74, 6) is -0.0251. The van der Waals surface area contributed by atoms with E-state index in [1.54, 1.807) is 23.5 Å². The van der Waals surface area contributed by atoms with Crippen LogP contribution in [0.3, 0.4) is 0 Å². The van der Waals surface area contributed by atoms with E-state index in [1.165, 1.54) is 24.1 Å². The molecule has 2 heterocycles. The summed E-state index contributed by atoms with van der Waals surface area (Å²) >= 11 is 7.91. The molecule has 26 heavy (non-hydrogen) atoms. The Kier molecular flexibility index (Phi) is 4.54. The van der Waals surface area contributed by atoms with Crippen LogP contribution in [0.2, 0.25) is 0 Å². The lowest BCUT2D eigenvalue weighted by atomic mass is 9.97. The van der Waals surface area contributed by atoms with Gasteiger partial charge in [-0.3, -0.25) is 4.79 Å². The first-order valence-electron chi connectivity index (χ1n) is 8.32. The van der Waals surface area contributed by atoms with Crippen molar-refractivity contribution in [2.45, 2.75) is 25.7 Å². The van der Waals surface area contributed by atoms with Crippen molar-refractivity contribution in [3.05, 3.63) is 56.2 Å². The number of nitrogens with one attached hydrogen (secondary N) is 1. The molecule has 0 bridgehead atoms. The highest BCUT2D eigenvalue weighted by Gasteiger charge is 2.20. The van der Waals surface area contributed by atoms with Gasteiger partial charge in [-0.1, -0.05) is 17.7 Å². The Morgan fingerprint density at radius 1 is 1.38 bits per heavy atom. The molecule has 1 aromatic carbocycles. The minimum atomic E-state index is -0.478. The summed E-state index contributed by atoms with van der Waals surface area (Å²) in [5.41, 5.74) is 1.52. The van der Waals surface area contributed by atoms with E-state index < -0.39 is 5.82 Å². The number of methoxy groups -OCH3 is 1. The third kappa shape index (κ3) is 3.04. The van der Waals surface area contributed by atoms with E-state index in [4.69, 9.17) is 16.3 Å². The zero-order valence-electron chi connectivity index (χ0n) is 14.1. The number of aromatic amines is 1. The maximum Gasteiger partial charge on any atom is 0.260 e. The summed E-state index contributed by atoms with van der Waals surface area (Å²) in [6, 6.07) is 4.53. The zero-order chi connectivity index (χ0) is 18.3. The minimum absolute atomic E-state index is 0.162. The van der Waals surface area contributed by atoms with E-state index in [2.05, 4.69) is 9.97 Å². The predicted octanol–water partition coefficient (Wildman–Crippen LogP) is 4.75. The first-order valence-corrected chi connectivity index (χ1v) is 9.52. The van der Waals surface area contributed by atoms with Crippen LogP contribution >= 0.6 is 22.9 Å². The van der Waals surface area contributed by atoms with Gasteiger partial charge in [-0.05, 0) is 55.0 Å². The Morgan fingerprint density at radius 3 is 2.96 bits per heavy atom. The van der Waals surface area contributed by atoms with Crippen molar-refractivity contribution < 1.29 is 9.13 Å². The van der Waals surface area contributed by atoms with E-state index in [1.807, 2.05) is 0 Å². The van der Waals surface area contributed by atoms with Crippen molar-refractivity contribution in [3.8, 4) is 5.75 Å².